The monoisotopic (exact) mass is 572 g/mol. The molecule has 0 N–H and O–H groups in total. The number of para-hydroxylation sites is 3. The molecule has 0 fully saturated rings. The van der Waals surface area contributed by atoms with E-state index in [1.54, 1.807) is 0 Å². The van der Waals surface area contributed by atoms with E-state index in [0.29, 0.717) is 0 Å². The van der Waals surface area contributed by atoms with Crippen LogP contribution in [0.15, 0.2) is 72.8 Å². The third-order valence-electron chi connectivity index (χ3n) is 4.58. The van der Waals surface area contributed by atoms with Crippen LogP contribution in [0.5, 0.6) is 17.2 Å². The van der Waals surface area contributed by atoms with E-state index in [4.69, 9.17) is 8.44 Å². The molecule has 0 aliphatic heterocycles. The summed E-state index contributed by atoms with van der Waals surface area (Å²) in [6.45, 7) is 6.39. The fourth-order valence-electron chi connectivity index (χ4n) is 2.95. The standard InChI is InChI=1S/3C8H10O.Bi/c3*1-2-7-5-3-4-6-8(7)9;/h3*3-6,9H,2H2,1H3;/q;;;+3/p-3. The Morgan fingerprint density at radius 2 is 0.786 bits per heavy atom. The Morgan fingerprint density at radius 3 is 1.07 bits per heavy atom. The summed E-state index contributed by atoms with van der Waals surface area (Å²) in [5.41, 5.74) is 3.51. The molecule has 3 aromatic carbocycles. The fraction of sp³-hybridized carbons (Fsp3) is 0.250. The summed E-state index contributed by atoms with van der Waals surface area (Å²) in [5, 5.41) is 0. The van der Waals surface area contributed by atoms with E-state index < -0.39 is 23.1 Å². The number of hydrogen-bond acceptors (Lipinski definition) is 3. The van der Waals surface area contributed by atoms with Gasteiger partial charge in [0.15, 0.2) is 0 Å². The van der Waals surface area contributed by atoms with Gasteiger partial charge >= 0.3 is 178 Å². The average Bonchev–Trinajstić information content (AvgIpc) is 2.75. The van der Waals surface area contributed by atoms with Crippen LogP contribution in [0.3, 0.4) is 0 Å². The van der Waals surface area contributed by atoms with Crippen LogP contribution in [0, 0.1) is 0 Å². The van der Waals surface area contributed by atoms with Crippen molar-refractivity contribution in [3.05, 3.63) is 89.5 Å². The topological polar surface area (TPSA) is 27.7 Å². The fourth-order valence-corrected chi connectivity index (χ4v) is 7.34. The third-order valence-corrected chi connectivity index (χ3v) is 8.61. The van der Waals surface area contributed by atoms with Crippen LogP contribution in [-0.4, -0.2) is 23.1 Å². The minimum atomic E-state index is -3.31. The summed E-state index contributed by atoms with van der Waals surface area (Å²) in [6, 6.07) is 24.4. The SMILES string of the molecule is CCc1ccccc1[O][Bi]([O]c1ccccc1CC)[O]c1ccccc1CC. The number of benzene rings is 3. The van der Waals surface area contributed by atoms with Crippen molar-refractivity contribution in [3.63, 3.8) is 0 Å². The summed E-state index contributed by atoms with van der Waals surface area (Å²) >= 11 is -3.31. The van der Waals surface area contributed by atoms with Crippen molar-refractivity contribution < 1.29 is 8.44 Å². The van der Waals surface area contributed by atoms with Crippen molar-refractivity contribution >= 4 is 23.1 Å². The molecule has 0 atom stereocenters. The van der Waals surface area contributed by atoms with E-state index in [-0.39, 0.29) is 0 Å². The summed E-state index contributed by atoms with van der Waals surface area (Å²) in [5.74, 6) is 2.60. The zero-order valence-electron chi connectivity index (χ0n) is 16.7. The van der Waals surface area contributed by atoms with Crippen molar-refractivity contribution in [1.29, 1.82) is 0 Å². The van der Waals surface area contributed by atoms with E-state index in [0.717, 1.165) is 36.5 Å². The zero-order chi connectivity index (χ0) is 19.8. The maximum atomic E-state index is 6.40. The predicted molar refractivity (Wildman–Crippen MR) is 115 cm³/mol. The first kappa shape index (κ1) is 20.7. The second kappa shape index (κ2) is 10.5. The van der Waals surface area contributed by atoms with E-state index in [1.165, 1.54) is 16.7 Å². The van der Waals surface area contributed by atoms with E-state index >= 15 is 0 Å². The van der Waals surface area contributed by atoms with Gasteiger partial charge in [-0.15, -0.1) is 0 Å². The second-order valence-electron chi connectivity index (χ2n) is 6.38. The van der Waals surface area contributed by atoms with Gasteiger partial charge in [-0.1, -0.05) is 0 Å². The molecule has 4 heteroatoms. The Hall–Kier alpha value is -2.06. The van der Waals surface area contributed by atoms with Crippen LogP contribution in [0.25, 0.3) is 0 Å². The third kappa shape index (κ3) is 5.26. The molecule has 0 saturated carbocycles. The van der Waals surface area contributed by atoms with Crippen molar-refractivity contribution in [1.82, 2.24) is 0 Å². The van der Waals surface area contributed by atoms with Gasteiger partial charge in [0, 0.05) is 0 Å². The van der Waals surface area contributed by atoms with E-state index in [9.17, 15) is 0 Å². The Morgan fingerprint density at radius 1 is 0.500 bits per heavy atom. The molecule has 0 amide bonds. The van der Waals surface area contributed by atoms with Crippen LogP contribution in [0.4, 0.5) is 0 Å². The van der Waals surface area contributed by atoms with Crippen molar-refractivity contribution in [2.45, 2.75) is 40.0 Å². The van der Waals surface area contributed by atoms with Gasteiger partial charge in [-0.25, -0.2) is 0 Å². The van der Waals surface area contributed by atoms with Crippen LogP contribution >= 0.6 is 0 Å². The van der Waals surface area contributed by atoms with Crippen LogP contribution < -0.4 is 8.44 Å². The van der Waals surface area contributed by atoms with Gasteiger partial charge < -0.3 is 0 Å². The van der Waals surface area contributed by atoms with Crippen LogP contribution in [-0.2, 0) is 19.3 Å². The molecule has 28 heavy (non-hydrogen) atoms. The zero-order valence-corrected chi connectivity index (χ0v) is 20.2. The molecule has 0 heterocycles. The van der Waals surface area contributed by atoms with Crippen molar-refractivity contribution in [3.8, 4) is 17.2 Å². The first-order chi connectivity index (χ1) is 13.7. The molecule has 0 saturated heterocycles. The Labute approximate surface area is 177 Å². The van der Waals surface area contributed by atoms with Crippen LogP contribution in [0.2, 0.25) is 0 Å². The van der Waals surface area contributed by atoms with Gasteiger partial charge in [0.2, 0.25) is 0 Å². The molecular formula is C24H27BiO3. The molecular weight excluding hydrogens is 545 g/mol. The van der Waals surface area contributed by atoms with Crippen LogP contribution in [0.1, 0.15) is 37.5 Å². The summed E-state index contributed by atoms with van der Waals surface area (Å²) in [4.78, 5) is 0. The number of rotatable bonds is 9. The van der Waals surface area contributed by atoms with Gasteiger partial charge in [-0.2, -0.15) is 0 Å². The van der Waals surface area contributed by atoms with Gasteiger partial charge in [0.25, 0.3) is 0 Å². The quantitative estimate of drug-likeness (QED) is 0.299. The maximum absolute atomic E-state index is 6.40. The predicted octanol–water partition coefficient (Wildman–Crippen LogP) is 5.90. The minimum absolute atomic E-state index is 0.866. The second-order valence-corrected chi connectivity index (χ2v) is 10.2. The molecule has 0 radical (unpaired) electrons. The molecule has 3 rings (SSSR count). The summed E-state index contributed by atoms with van der Waals surface area (Å²) in [6.07, 6.45) is 2.72. The first-order valence-corrected chi connectivity index (χ1v) is 14.1. The van der Waals surface area contributed by atoms with Gasteiger partial charge in [0.05, 0.1) is 0 Å². The van der Waals surface area contributed by atoms with Gasteiger partial charge in [-0.05, 0) is 0 Å². The number of aryl methyl sites for hydroxylation is 3. The molecule has 0 unspecified atom stereocenters. The average molecular weight is 572 g/mol. The Bertz CT molecular complexity index is 777. The molecule has 3 nitrogen and oxygen atoms in total. The molecule has 3 aromatic rings. The number of hydrogen-bond donors (Lipinski definition) is 0. The van der Waals surface area contributed by atoms with E-state index in [2.05, 4.69) is 39.0 Å². The Balaban J connectivity index is 1.91. The molecule has 0 aliphatic rings. The van der Waals surface area contributed by atoms with Crippen molar-refractivity contribution in [2.24, 2.45) is 0 Å². The van der Waals surface area contributed by atoms with E-state index in [1.807, 2.05) is 54.6 Å². The molecule has 0 bridgehead atoms. The molecule has 0 spiro atoms. The summed E-state index contributed by atoms with van der Waals surface area (Å²) < 4.78 is 19.2. The van der Waals surface area contributed by atoms with Gasteiger partial charge in [-0.3, -0.25) is 0 Å². The normalized spacial score (nSPS) is 10.7. The van der Waals surface area contributed by atoms with Gasteiger partial charge in [0.1, 0.15) is 0 Å². The summed E-state index contributed by atoms with van der Waals surface area (Å²) in [7, 11) is 0. The Kier molecular flexibility index (Phi) is 7.74. The first-order valence-electron chi connectivity index (χ1n) is 9.82. The molecule has 0 aliphatic carbocycles. The molecule has 0 aromatic heterocycles. The van der Waals surface area contributed by atoms with Crippen molar-refractivity contribution in [2.75, 3.05) is 0 Å². The molecule has 146 valence electrons.